The maximum Gasteiger partial charge on any atom is 0.305 e. The molecule has 0 fully saturated rings. The molecule has 0 spiro atoms. The second kappa shape index (κ2) is 6.68. The van der Waals surface area contributed by atoms with E-state index in [2.05, 4.69) is 10.9 Å². The van der Waals surface area contributed by atoms with Crippen molar-refractivity contribution in [3.8, 4) is 11.3 Å². The average Bonchev–Trinajstić information content (AvgIpc) is 3.23. The van der Waals surface area contributed by atoms with Crippen LogP contribution in [0.15, 0.2) is 58.3 Å². The number of furan rings is 1. The van der Waals surface area contributed by atoms with Crippen molar-refractivity contribution in [2.24, 2.45) is 0 Å². The van der Waals surface area contributed by atoms with Gasteiger partial charge in [0.15, 0.2) is 5.76 Å². The van der Waals surface area contributed by atoms with Crippen LogP contribution in [0.5, 0.6) is 0 Å². The van der Waals surface area contributed by atoms with Gasteiger partial charge in [0.1, 0.15) is 5.76 Å². The number of halogens is 1. The van der Waals surface area contributed by atoms with Crippen LogP contribution in [-0.4, -0.2) is 11.8 Å². The van der Waals surface area contributed by atoms with Gasteiger partial charge in [-0.3, -0.25) is 20.4 Å². The lowest BCUT2D eigenvalue weighted by Crippen LogP contribution is -2.41. The zero-order valence-corrected chi connectivity index (χ0v) is 13.3. The molecule has 0 atom stereocenters. The van der Waals surface area contributed by atoms with E-state index in [1.165, 1.54) is 17.4 Å². The monoisotopic (exact) mass is 346 g/mol. The molecule has 1 aromatic carbocycles. The minimum atomic E-state index is -0.539. The Balaban J connectivity index is 1.66. The van der Waals surface area contributed by atoms with Crippen molar-refractivity contribution in [3.05, 3.63) is 69.6 Å². The smallest absolute Gasteiger partial charge is 0.305 e. The molecule has 3 rings (SSSR count). The third kappa shape index (κ3) is 3.61. The number of carbonyl (C=O) groups excluding carboxylic acids is 2. The Labute approximate surface area is 140 Å². The van der Waals surface area contributed by atoms with Crippen LogP contribution in [0.3, 0.4) is 0 Å². The predicted molar refractivity (Wildman–Crippen MR) is 88.4 cm³/mol. The fourth-order valence-corrected chi connectivity index (χ4v) is 2.71. The Morgan fingerprint density at radius 1 is 1.00 bits per heavy atom. The summed E-state index contributed by atoms with van der Waals surface area (Å²) in [5.41, 5.74) is 5.41. The topological polar surface area (TPSA) is 71.3 Å². The maximum absolute atomic E-state index is 12.0. The highest BCUT2D eigenvalue weighted by Gasteiger charge is 2.14. The lowest BCUT2D eigenvalue weighted by molar-refractivity contribution is 0.0833. The second-order valence-corrected chi connectivity index (χ2v) is 5.94. The highest BCUT2D eigenvalue weighted by Crippen LogP contribution is 2.24. The summed E-state index contributed by atoms with van der Waals surface area (Å²) in [4.78, 5) is 24.2. The third-order valence-corrected chi connectivity index (χ3v) is 4.08. The van der Waals surface area contributed by atoms with Gasteiger partial charge in [-0.1, -0.05) is 29.8 Å². The van der Waals surface area contributed by atoms with Gasteiger partial charge in [0.05, 0.1) is 4.88 Å². The van der Waals surface area contributed by atoms with Gasteiger partial charge in [0.2, 0.25) is 0 Å². The highest BCUT2D eigenvalue weighted by molar-refractivity contribution is 7.12. The van der Waals surface area contributed by atoms with Crippen LogP contribution in [-0.2, 0) is 0 Å². The minimum absolute atomic E-state index is 0.0893. The Kier molecular flexibility index (Phi) is 4.45. The van der Waals surface area contributed by atoms with Crippen molar-refractivity contribution in [2.45, 2.75) is 0 Å². The molecule has 0 unspecified atom stereocenters. The lowest BCUT2D eigenvalue weighted by Gasteiger charge is -2.04. The Bertz CT molecular complexity index is 843. The molecule has 2 aromatic heterocycles. The molecule has 0 radical (unpaired) electrons. The summed E-state index contributed by atoms with van der Waals surface area (Å²) < 4.78 is 5.49. The van der Waals surface area contributed by atoms with E-state index in [1.807, 2.05) is 6.07 Å². The van der Waals surface area contributed by atoms with Gasteiger partial charge in [-0.05, 0) is 35.7 Å². The molecule has 5 nitrogen and oxygen atoms in total. The number of hydrazine groups is 1. The summed E-state index contributed by atoms with van der Waals surface area (Å²) >= 11 is 7.21. The number of rotatable bonds is 3. The molecule has 3 aromatic rings. The van der Waals surface area contributed by atoms with E-state index in [-0.39, 0.29) is 11.7 Å². The molecular weight excluding hydrogens is 336 g/mol. The first-order valence-corrected chi connectivity index (χ1v) is 7.89. The van der Waals surface area contributed by atoms with E-state index in [1.54, 1.807) is 41.8 Å². The molecule has 2 amide bonds. The first-order chi connectivity index (χ1) is 11.1. The molecule has 0 aliphatic carbocycles. The van der Waals surface area contributed by atoms with Crippen LogP contribution in [0.2, 0.25) is 5.02 Å². The van der Waals surface area contributed by atoms with Crippen LogP contribution < -0.4 is 10.9 Å². The normalized spacial score (nSPS) is 10.3. The molecule has 7 heteroatoms. The summed E-state index contributed by atoms with van der Waals surface area (Å²) in [6.45, 7) is 0. The Morgan fingerprint density at radius 3 is 2.57 bits per heavy atom. The molecule has 0 bridgehead atoms. The van der Waals surface area contributed by atoms with E-state index in [0.29, 0.717) is 15.7 Å². The molecule has 0 saturated carbocycles. The number of thiophene rings is 1. The average molecular weight is 347 g/mol. The third-order valence-electron chi connectivity index (χ3n) is 2.97. The van der Waals surface area contributed by atoms with Crippen molar-refractivity contribution in [1.82, 2.24) is 10.9 Å². The number of nitrogens with one attached hydrogen (secondary N) is 2. The van der Waals surface area contributed by atoms with Gasteiger partial charge in [-0.2, -0.15) is 0 Å². The van der Waals surface area contributed by atoms with Crippen molar-refractivity contribution in [3.63, 3.8) is 0 Å². The van der Waals surface area contributed by atoms with Crippen LogP contribution in [0.25, 0.3) is 11.3 Å². The van der Waals surface area contributed by atoms with Crippen molar-refractivity contribution < 1.29 is 14.0 Å². The number of hydrogen-bond acceptors (Lipinski definition) is 4. The van der Waals surface area contributed by atoms with E-state index >= 15 is 0 Å². The number of benzene rings is 1. The first kappa shape index (κ1) is 15.3. The molecule has 0 saturated heterocycles. The quantitative estimate of drug-likeness (QED) is 0.710. The standard InChI is InChI=1S/C16H11ClN2O3S/c17-11-4-1-3-10(9-11)12-6-7-13(22-12)15(20)18-19-16(21)14-5-2-8-23-14/h1-9H,(H,18,20)(H,19,21). The summed E-state index contributed by atoms with van der Waals surface area (Å²) in [6.07, 6.45) is 0. The van der Waals surface area contributed by atoms with E-state index in [9.17, 15) is 9.59 Å². The van der Waals surface area contributed by atoms with Crippen LogP contribution >= 0.6 is 22.9 Å². The fourth-order valence-electron chi connectivity index (χ4n) is 1.90. The largest absolute Gasteiger partial charge is 0.451 e. The number of hydrogen-bond donors (Lipinski definition) is 2. The summed E-state index contributed by atoms with van der Waals surface area (Å²) in [5, 5.41) is 2.36. The van der Waals surface area contributed by atoms with Gasteiger partial charge in [0.25, 0.3) is 5.91 Å². The van der Waals surface area contributed by atoms with Gasteiger partial charge in [-0.25, -0.2) is 0 Å². The van der Waals surface area contributed by atoms with Crippen molar-refractivity contribution in [2.75, 3.05) is 0 Å². The lowest BCUT2D eigenvalue weighted by atomic mass is 10.2. The van der Waals surface area contributed by atoms with Gasteiger partial charge in [-0.15, -0.1) is 11.3 Å². The number of amides is 2. The summed E-state index contributed by atoms with van der Waals surface area (Å²) in [6, 6.07) is 13.7. The summed E-state index contributed by atoms with van der Waals surface area (Å²) in [5.74, 6) is -0.313. The van der Waals surface area contributed by atoms with Crippen molar-refractivity contribution >= 4 is 34.8 Å². The van der Waals surface area contributed by atoms with E-state index < -0.39 is 5.91 Å². The molecule has 0 aliphatic heterocycles. The van der Waals surface area contributed by atoms with Crippen LogP contribution in [0.1, 0.15) is 20.2 Å². The SMILES string of the molecule is O=C(NNC(=O)c1cccs1)c1ccc(-c2cccc(Cl)c2)o1. The zero-order valence-electron chi connectivity index (χ0n) is 11.7. The Hall–Kier alpha value is -2.57. The first-order valence-electron chi connectivity index (χ1n) is 6.63. The molecule has 116 valence electrons. The minimum Gasteiger partial charge on any atom is -0.451 e. The number of carbonyl (C=O) groups is 2. The van der Waals surface area contributed by atoms with Crippen LogP contribution in [0.4, 0.5) is 0 Å². The maximum atomic E-state index is 12.0. The molecular formula is C16H11ClN2O3S. The molecule has 0 aliphatic rings. The van der Waals surface area contributed by atoms with Crippen LogP contribution in [0, 0.1) is 0 Å². The summed E-state index contributed by atoms with van der Waals surface area (Å²) in [7, 11) is 0. The van der Waals surface area contributed by atoms with Crippen molar-refractivity contribution in [1.29, 1.82) is 0 Å². The predicted octanol–water partition coefficient (Wildman–Crippen LogP) is 3.74. The molecule has 2 heterocycles. The highest BCUT2D eigenvalue weighted by atomic mass is 35.5. The second-order valence-electron chi connectivity index (χ2n) is 4.56. The van der Waals surface area contributed by atoms with E-state index in [0.717, 1.165) is 5.56 Å². The van der Waals surface area contributed by atoms with Gasteiger partial charge in [0, 0.05) is 10.6 Å². The zero-order chi connectivity index (χ0) is 16.2. The van der Waals surface area contributed by atoms with E-state index in [4.69, 9.17) is 16.0 Å². The Morgan fingerprint density at radius 2 is 1.83 bits per heavy atom. The van der Waals surface area contributed by atoms with Gasteiger partial charge >= 0.3 is 5.91 Å². The molecule has 23 heavy (non-hydrogen) atoms. The molecule has 2 N–H and O–H groups in total. The van der Waals surface area contributed by atoms with Gasteiger partial charge < -0.3 is 4.42 Å². The fraction of sp³-hybridized carbons (Fsp3) is 0.